The number of hydrogen-bond acceptors (Lipinski definition) is 6. The Labute approximate surface area is 154 Å². The van der Waals surface area contributed by atoms with Crippen LogP contribution in [-0.2, 0) is 10.8 Å². The third kappa shape index (κ3) is 3.08. The number of carbonyl (C=O) groups is 1. The predicted molar refractivity (Wildman–Crippen MR) is 96.4 cm³/mol. The molecule has 0 bridgehead atoms. The molecule has 1 aliphatic rings. The number of nitrogens with zero attached hydrogens (tertiary/aromatic N) is 3. The first-order valence-electron chi connectivity index (χ1n) is 7.46. The second-order valence-corrected chi connectivity index (χ2v) is 8.80. The molecule has 0 aromatic carbocycles. The summed E-state index contributed by atoms with van der Waals surface area (Å²) >= 11 is 7.35. The summed E-state index contributed by atoms with van der Waals surface area (Å²) in [5.74, 6) is -0.0120. The monoisotopic (exact) mass is 396 g/mol. The van der Waals surface area contributed by atoms with E-state index in [0.29, 0.717) is 10.0 Å². The van der Waals surface area contributed by atoms with Gasteiger partial charge in [-0.1, -0.05) is 29.0 Å². The molecule has 7 nitrogen and oxygen atoms in total. The third-order valence-electron chi connectivity index (χ3n) is 3.96. The number of aromatic nitrogens is 3. The molecule has 4 heterocycles. The summed E-state index contributed by atoms with van der Waals surface area (Å²) < 4.78 is 13.6. The van der Waals surface area contributed by atoms with E-state index in [4.69, 9.17) is 11.6 Å². The van der Waals surface area contributed by atoms with E-state index >= 15 is 0 Å². The second-order valence-electron chi connectivity index (χ2n) is 5.65. The normalized spacial score (nSPS) is 23.2. The van der Waals surface area contributed by atoms with Gasteiger partial charge in [-0.3, -0.25) is 9.00 Å². The Morgan fingerprint density at radius 3 is 3.04 bits per heavy atom. The van der Waals surface area contributed by atoms with Crippen LogP contribution >= 0.6 is 22.9 Å². The smallest absolute Gasteiger partial charge is 0.280 e. The van der Waals surface area contributed by atoms with Crippen molar-refractivity contribution in [3.05, 3.63) is 39.9 Å². The van der Waals surface area contributed by atoms with Gasteiger partial charge in [-0.2, -0.15) is 5.10 Å². The minimum Gasteiger partial charge on any atom is -0.390 e. The van der Waals surface area contributed by atoms with Crippen LogP contribution in [0.2, 0.25) is 4.34 Å². The number of amides is 1. The minimum atomic E-state index is -1.11. The van der Waals surface area contributed by atoms with Crippen LogP contribution in [0.4, 0.5) is 0 Å². The van der Waals surface area contributed by atoms with Crippen molar-refractivity contribution in [2.45, 2.75) is 12.1 Å². The first-order chi connectivity index (χ1) is 12.0. The second kappa shape index (κ2) is 6.49. The number of carbonyl (C=O) groups excluding carboxylic acids is 1. The van der Waals surface area contributed by atoms with E-state index in [0.717, 1.165) is 22.4 Å². The molecule has 3 atom stereocenters. The molecule has 0 aliphatic carbocycles. The van der Waals surface area contributed by atoms with Crippen LogP contribution in [0.1, 0.15) is 9.80 Å². The molecular formula is C15H13ClN4O3S2. The van der Waals surface area contributed by atoms with Crippen LogP contribution in [-0.4, -0.2) is 53.5 Å². The molecule has 0 saturated carbocycles. The molecule has 25 heavy (non-hydrogen) atoms. The average Bonchev–Trinajstić information content (AvgIpc) is 3.25. The van der Waals surface area contributed by atoms with Crippen molar-refractivity contribution in [1.82, 2.24) is 19.9 Å². The van der Waals surface area contributed by atoms with E-state index < -0.39 is 28.9 Å². The highest BCUT2D eigenvalue weighted by Crippen LogP contribution is 2.34. The van der Waals surface area contributed by atoms with Gasteiger partial charge in [-0.05, 0) is 12.1 Å². The molecule has 3 unspecified atom stereocenters. The summed E-state index contributed by atoms with van der Waals surface area (Å²) in [6, 6.07) is 5.11. The summed E-state index contributed by atoms with van der Waals surface area (Å²) in [5, 5.41) is 16.9. The maximum absolute atomic E-state index is 12.4. The van der Waals surface area contributed by atoms with Crippen molar-refractivity contribution in [3.63, 3.8) is 0 Å². The van der Waals surface area contributed by atoms with Crippen LogP contribution in [0.3, 0.4) is 0 Å². The highest BCUT2D eigenvalue weighted by Gasteiger charge is 2.32. The first kappa shape index (κ1) is 16.6. The highest BCUT2D eigenvalue weighted by atomic mass is 35.5. The van der Waals surface area contributed by atoms with Crippen LogP contribution in [0.5, 0.6) is 0 Å². The Balaban J connectivity index is 1.62. The van der Waals surface area contributed by atoms with Crippen molar-refractivity contribution in [2.24, 2.45) is 0 Å². The zero-order valence-corrected chi connectivity index (χ0v) is 15.1. The zero-order chi connectivity index (χ0) is 17.6. The number of aliphatic hydroxyl groups excluding tert-OH is 1. The van der Waals surface area contributed by atoms with Gasteiger partial charge in [-0.15, -0.1) is 0 Å². The lowest BCUT2D eigenvalue weighted by molar-refractivity contribution is 0.0888. The Bertz CT molecular complexity index is 986. The summed E-state index contributed by atoms with van der Waals surface area (Å²) in [7, 11) is -1.11. The van der Waals surface area contributed by atoms with Gasteiger partial charge in [0, 0.05) is 28.3 Å². The molecule has 1 fully saturated rings. The van der Waals surface area contributed by atoms with Gasteiger partial charge in [0.2, 0.25) is 0 Å². The maximum atomic E-state index is 12.4. The lowest BCUT2D eigenvalue weighted by atomic mass is 10.2. The fourth-order valence-corrected chi connectivity index (χ4v) is 5.26. The van der Waals surface area contributed by atoms with Gasteiger partial charge >= 0.3 is 0 Å². The average molecular weight is 397 g/mol. The van der Waals surface area contributed by atoms with Gasteiger partial charge in [0.05, 0.1) is 29.6 Å². The maximum Gasteiger partial charge on any atom is 0.280 e. The molecule has 0 radical (unpaired) electrons. The van der Waals surface area contributed by atoms with Crippen LogP contribution < -0.4 is 5.32 Å². The minimum absolute atomic E-state index is 0.178. The summed E-state index contributed by atoms with van der Waals surface area (Å²) in [5.41, 5.74) is 2.07. The Hall–Kier alpha value is -1.81. The topological polar surface area (TPSA) is 96.6 Å². The molecule has 10 heteroatoms. The highest BCUT2D eigenvalue weighted by molar-refractivity contribution is 7.85. The number of rotatable bonds is 3. The molecule has 3 aromatic heterocycles. The summed E-state index contributed by atoms with van der Waals surface area (Å²) in [6.45, 7) is 0. The standard InChI is InChI=1S/C15H13ClN4O3S2/c16-13-12(8-5-17-20-4-2-1-3-10(8)20)19-15(24-13)14(22)18-9-6-25(23)7-11(9)21/h1-5,9,11,21H,6-7H2,(H,18,22). The van der Waals surface area contributed by atoms with E-state index in [1.54, 1.807) is 10.7 Å². The number of fused-ring (bicyclic) bond motifs is 1. The van der Waals surface area contributed by atoms with Crippen molar-refractivity contribution < 1.29 is 14.1 Å². The van der Waals surface area contributed by atoms with Crippen LogP contribution in [0.25, 0.3) is 16.8 Å². The van der Waals surface area contributed by atoms with E-state index in [1.165, 1.54) is 0 Å². The number of halogens is 1. The van der Waals surface area contributed by atoms with Gasteiger partial charge in [-0.25, -0.2) is 9.50 Å². The Morgan fingerprint density at radius 1 is 1.44 bits per heavy atom. The molecule has 130 valence electrons. The van der Waals surface area contributed by atoms with Gasteiger partial charge < -0.3 is 10.4 Å². The number of hydrogen-bond donors (Lipinski definition) is 2. The number of thiazole rings is 1. The third-order valence-corrected chi connectivity index (χ3v) is 6.66. The largest absolute Gasteiger partial charge is 0.390 e. The molecule has 3 aromatic rings. The molecule has 1 amide bonds. The summed E-state index contributed by atoms with van der Waals surface area (Å²) in [4.78, 5) is 16.8. The SMILES string of the molecule is O=C(NC1CS(=O)CC1O)c1nc(-c2cnn3ccccc23)c(Cl)s1. The van der Waals surface area contributed by atoms with E-state index in [9.17, 15) is 14.1 Å². The zero-order valence-electron chi connectivity index (χ0n) is 12.8. The van der Waals surface area contributed by atoms with Crippen molar-refractivity contribution >= 4 is 45.2 Å². The lowest BCUT2D eigenvalue weighted by Crippen LogP contribution is -2.42. The molecule has 1 aliphatic heterocycles. The fourth-order valence-electron chi connectivity index (χ4n) is 2.74. The van der Waals surface area contributed by atoms with Gasteiger partial charge in [0.15, 0.2) is 5.01 Å². The van der Waals surface area contributed by atoms with Crippen molar-refractivity contribution in [2.75, 3.05) is 11.5 Å². The number of nitrogens with one attached hydrogen (secondary N) is 1. The van der Waals surface area contributed by atoms with Gasteiger partial charge in [0.25, 0.3) is 5.91 Å². The summed E-state index contributed by atoms with van der Waals surface area (Å²) in [6.07, 6.45) is 2.66. The van der Waals surface area contributed by atoms with Crippen LogP contribution in [0, 0.1) is 0 Å². The number of aliphatic hydroxyl groups is 1. The van der Waals surface area contributed by atoms with Crippen molar-refractivity contribution in [3.8, 4) is 11.3 Å². The predicted octanol–water partition coefficient (Wildman–Crippen LogP) is 1.33. The lowest BCUT2D eigenvalue weighted by Gasteiger charge is -2.13. The Morgan fingerprint density at radius 2 is 2.28 bits per heavy atom. The molecule has 1 saturated heterocycles. The number of pyridine rings is 1. The van der Waals surface area contributed by atoms with E-state index in [-0.39, 0.29) is 16.5 Å². The van der Waals surface area contributed by atoms with Gasteiger partial charge in [0.1, 0.15) is 10.0 Å². The van der Waals surface area contributed by atoms with E-state index in [2.05, 4.69) is 15.4 Å². The van der Waals surface area contributed by atoms with E-state index in [1.807, 2.05) is 24.4 Å². The van der Waals surface area contributed by atoms with Crippen molar-refractivity contribution in [1.29, 1.82) is 0 Å². The molecule has 2 N–H and O–H groups in total. The molecule has 4 rings (SSSR count). The quantitative estimate of drug-likeness (QED) is 0.696. The Kier molecular flexibility index (Phi) is 4.32. The fraction of sp³-hybridized carbons (Fsp3) is 0.267. The molecular weight excluding hydrogens is 384 g/mol. The van der Waals surface area contributed by atoms with Crippen LogP contribution in [0.15, 0.2) is 30.6 Å². The molecule has 0 spiro atoms. The first-order valence-corrected chi connectivity index (χ1v) is 10.1.